The smallest absolute Gasteiger partial charge is 0.475 e. The maximum absolute atomic E-state index is 11.8. The van der Waals surface area contributed by atoms with Crippen LogP contribution < -0.4 is 5.32 Å². The zero-order valence-corrected chi connectivity index (χ0v) is 20.5. The van der Waals surface area contributed by atoms with Crippen LogP contribution >= 0.6 is 0 Å². The highest BCUT2D eigenvalue weighted by atomic mass is 32.2. The van der Waals surface area contributed by atoms with Crippen LogP contribution in [0.15, 0.2) is 0 Å². The van der Waals surface area contributed by atoms with E-state index in [2.05, 4.69) is 5.32 Å². The molecule has 0 aromatic rings. The number of aliphatic carboxylic acids is 1. The average molecular weight is 545 g/mol. The molecule has 2 unspecified atom stereocenters. The van der Waals surface area contributed by atoms with Crippen LogP contribution in [0, 0.1) is 0 Å². The molecule has 2 atom stereocenters. The molecule has 0 aromatic heterocycles. The molecule has 0 radical (unpaired) electrons. The number of amides is 1. The Hall–Kier alpha value is -1.69. The third-order valence-electron chi connectivity index (χ3n) is 4.13. The number of ether oxygens (including phenoxy) is 1. The van der Waals surface area contributed by atoms with E-state index in [9.17, 15) is 34.8 Å². The number of hydrogen-bond donors (Lipinski definition) is 4. The number of alkyl halides is 3. The summed E-state index contributed by atoms with van der Waals surface area (Å²) in [6, 6.07) is -0.956. The van der Waals surface area contributed by atoms with Gasteiger partial charge < -0.3 is 30.3 Å². The molecule has 2 saturated heterocycles. The van der Waals surface area contributed by atoms with Crippen molar-refractivity contribution in [3.8, 4) is 0 Å². The number of carbonyl (C=O) groups excluding carboxylic acids is 1. The summed E-state index contributed by atoms with van der Waals surface area (Å²) in [7, 11) is -6.03. The molecule has 0 saturated carbocycles. The topological polar surface area (TPSA) is 188 Å². The first-order valence-electron chi connectivity index (χ1n) is 9.88. The second-order valence-electron chi connectivity index (χ2n) is 8.38. The molecule has 0 aromatic carbocycles. The summed E-state index contributed by atoms with van der Waals surface area (Å²) in [4.78, 5) is 22.0. The zero-order valence-electron chi connectivity index (χ0n) is 18.9. The van der Waals surface area contributed by atoms with Gasteiger partial charge in [-0.15, -0.1) is 0 Å². The molecule has 12 nitrogen and oxygen atoms in total. The first-order valence-corrected chi connectivity index (χ1v) is 13.5. The Morgan fingerprint density at radius 3 is 1.85 bits per heavy atom. The number of aliphatic hydroxyl groups excluding tert-OH is 2. The Balaban J connectivity index is 0.000000541. The van der Waals surface area contributed by atoms with Crippen molar-refractivity contribution in [3.63, 3.8) is 0 Å². The first kappa shape index (κ1) is 32.3. The maximum Gasteiger partial charge on any atom is 0.490 e. The summed E-state index contributed by atoms with van der Waals surface area (Å²) < 4.78 is 81.4. The lowest BCUT2D eigenvalue weighted by Crippen LogP contribution is -2.54. The van der Waals surface area contributed by atoms with Crippen LogP contribution in [-0.2, 0) is 29.2 Å². The Labute approximate surface area is 195 Å². The van der Waals surface area contributed by atoms with Gasteiger partial charge in [-0.3, -0.25) is 0 Å². The second kappa shape index (κ2) is 12.9. The second-order valence-corrected chi connectivity index (χ2v) is 12.8. The zero-order chi connectivity index (χ0) is 27.0. The van der Waals surface area contributed by atoms with Gasteiger partial charge in [0.25, 0.3) is 0 Å². The van der Waals surface area contributed by atoms with Gasteiger partial charge in [-0.05, 0) is 20.8 Å². The van der Waals surface area contributed by atoms with Crippen LogP contribution in [0.25, 0.3) is 0 Å². The molecule has 202 valence electrons. The molecule has 1 amide bonds. The fourth-order valence-corrected chi connectivity index (χ4v) is 5.53. The minimum atomic E-state index is -5.08. The van der Waals surface area contributed by atoms with Crippen LogP contribution in [0.1, 0.15) is 20.8 Å². The van der Waals surface area contributed by atoms with Crippen LogP contribution in [0.4, 0.5) is 18.0 Å². The van der Waals surface area contributed by atoms with Gasteiger partial charge >= 0.3 is 18.2 Å². The van der Waals surface area contributed by atoms with Crippen molar-refractivity contribution < 1.29 is 59.7 Å². The Morgan fingerprint density at radius 1 is 1.00 bits per heavy atom. The van der Waals surface area contributed by atoms with Crippen molar-refractivity contribution in [2.75, 3.05) is 49.3 Å². The summed E-state index contributed by atoms with van der Waals surface area (Å²) in [5, 5.41) is 27.7. The van der Waals surface area contributed by atoms with Crippen molar-refractivity contribution in [1.82, 2.24) is 10.2 Å². The van der Waals surface area contributed by atoms with Crippen molar-refractivity contribution in [3.05, 3.63) is 0 Å². The highest BCUT2D eigenvalue weighted by molar-refractivity contribution is 7.91. The molecular formula is C17H31F3N2O10S2. The number of nitrogens with zero attached hydrogens (tertiary/aromatic N) is 1. The van der Waals surface area contributed by atoms with E-state index in [1.165, 1.54) is 4.90 Å². The lowest BCUT2D eigenvalue weighted by molar-refractivity contribution is -0.192. The third-order valence-corrected chi connectivity index (χ3v) is 7.57. The van der Waals surface area contributed by atoms with Crippen LogP contribution in [0.2, 0.25) is 0 Å². The molecule has 0 bridgehead atoms. The molecule has 2 fully saturated rings. The molecule has 2 aliphatic heterocycles. The van der Waals surface area contributed by atoms with Crippen molar-refractivity contribution in [2.45, 2.75) is 44.6 Å². The monoisotopic (exact) mass is 544 g/mol. The predicted molar refractivity (Wildman–Crippen MR) is 114 cm³/mol. The van der Waals surface area contributed by atoms with Crippen molar-refractivity contribution in [2.24, 2.45) is 0 Å². The van der Waals surface area contributed by atoms with Crippen molar-refractivity contribution in [1.29, 1.82) is 0 Å². The third kappa shape index (κ3) is 13.3. The molecule has 2 aliphatic rings. The highest BCUT2D eigenvalue weighted by Gasteiger charge is 2.38. The van der Waals surface area contributed by atoms with Gasteiger partial charge in [-0.2, -0.15) is 13.2 Å². The van der Waals surface area contributed by atoms with E-state index in [1.807, 2.05) is 0 Å². The molecule has 34 heavy (non-hydrogen) atoms. The van der Waals surface area contributed by atoms with Gasteiger partial charge in [0.1, 0.15) is 5.60 Å². The van der Waals surface area contributed by atoms with Crippen molar-refractivity contribution >= 4 is 31.7 Å². The van der Waals surface area contributed by atoms with Gasteiger partial charge in [0.2, 0.25) is 0 Å². The van der Waals surface area contributed by atoms with Crippen LogP contribution in [0.3, 0.4) is 0 Å². The summed E-state index contributed by atoms with van der Waals surface area (Å²) in [5.74, 6) is -2.77. The first-order chi connectivity index (χ1) is 15.2. The Morgan fingerprint density at radius 2 is 1.50 bits per heavy atom. The number of sulfone groups is 2. The quantitative estimate of drug-likeness (QED) is 0.334. The Bertz CT molecular complexity index is 886. The van der Waals surface area contributed by atoms with E-state index in [1.54, 1.807) is 20.8 Å². The SMILES string of the molecule is CC(C)(C)OC(=O)N1CCS(=O)(=O)CC1CO.O=C(O)C(F)(F)F.O=S1(=O)CCNC(CO)C1. The summed E-state index contributed by atoms with van der Waals surface area (Å²) in [6.45, 7) is 5.27. The van der Waals surface area contributed by atoms with Gasteiger partial charge in [0, 0.05) is 19.1 Å². The van der Waals surface area contributed by atoms with Gasteiger partial charge in [-0.25, -0.2) is 26.4 Å². The van der Waals surface area contributed by atoms with E-state index in [4.69, 9.17) is 24.9 Å². The fraction of sp³-hybridized carbons (Fsp3) is 0.882. The standard InChI is InChI=1S/C10H19NO5S.C5H11NO3S.C2HF3O2/c1-10(2,3)16-9(13)11-4-5-17(14,15)7-8(11)6-12;7-3-5-4-10(8,9)2-1-6-5;3-2(4,5)1(6)7/h8,12H,4-7H2,1-3H3;5-7H,1-4H2;(H,6,7). The molecule has 17 heteroatoms. The maximum atomic E-state index is 11.8. The number of carboxylic acids is 1. The van der Waals surface area contributed by atoms with Gasteiger partial charge in [-0.1, -0.05) is 0 Å². The number of carbonyl (C=O) groups is 2. The van der Waals surface area contributed by atoms with E-state index >= 15 is 0 Å². The lowest BCUT2D eigenvalue weighted by atomic mass is 10.2. The minimum absolute atomic E-state index is 0.0719. The highest BCUT2D eigenvalue weighted by Crippen LogP contribution is 2.16. The molecular weight excluding hydrogens is 513 g/mol. The lowest BCUT2D eigenvalue weighted by Gasteiger charge is -2.35. The molecule has 4 N–H and O–H groups in total. The van der Waals surface area contributed by atoms with E-state index in [0.717, 1.165) is 0 Å². The van der Waals surface area contributed by atoms with E-state index in [0.29, 0.717) is 6.54 Å². The number of nitrogens with one attached hydrogen (secondary N) is 1. The number of halogens is 3. The predicted octanol–water partition coefficient (Wildman–Crippen LogP) is -0.989. The average Bonchev–Trinajstić information content (AvgIpc) is 2.65. The Kier molecular flexibility index (Phi) is 12.2. The van der Waals surface area contributed by atoms with Crippen LogP contribution in [0.5, 0.6) is 0 Å². The van der Waals surface area contributed by atoms with E-state index < -0.39 is 49.6 Å². The molecule has 0 aliphatic carbocycles. The number of carboxylic acid groups (broad SMARTS) is 1. The number of rotatable bonds is 2. The number of hydrogen-bond acceptors (Lipinski definition) is 10. The molecule has 2 rings (SSSR count). The largest absolute Gasteiger partial charge is 0.490 e. The fourth-order valence-electron chi connectivity index (χ4n) is 2.58. The minimum Gasteiger partial charge on any atom is -0.475 e. The van der Waals surface area contributed by atoms with E-state index in [-0.39, 0.29) is 48.8 Å². The summed E-state index contributed by atoms with van der Waals surface area (Å²) in [6.07, 6.45) is -5.66. The normalized spacial score (nSPS) is 23.9. The number of aliphatic hydroxyl groups is 2. The van der Waals surface area contributed by atoms with Crippen LogP contribution in [-0.4, -0.2) is 122 Å². The van der Waals surface area contributed by atoms with Gasteiger partial charge in [0.05, 0.1) is 42.3 Å². The summed E-state index contributed by atoms with van der Waals surface area (Å²) >= 11 is 0. The summed E-state index contributed by atoms with van der Waals surface area (Å²) in [5.41, 5.74) is -0.632. The molecule has 2 heterocycles. The molecule has 0 spiro atoms. The van der Waals surface area contributed by atoms with Gasteiger partial charge in [0.15, 0.2) is 19.7 Å².